The van der Waals surface area contributed by atoms with Gasteiger partial charge in [0.2, 0.25) is 15.9 Å². The highest BCUT2D eigenvalue weighted by molar-refractivity contribution is 7.89. The highest BCUT2D eigenvalue weighted by Gasteiger charge is 2.34. The van der Waals surface area contributed by atoms with E-state index in [1.807, 2.05) is 0 Å². The molecule has 1 aliphatic heterocycles. The lowest BCUT2D eigenvalue weighted by atomic mass is 10.2. The van der Waals surface area contributed by atoms with Gasteiger partial charge in [0.05, 0.1) is 17.1 Å². The van der Waals surface area contributed by atoms with Gasteiger partial charge in [0.15, 0.2) is 0 Å². The van der Waals surface area contributed by atoms with Crippen molar-refractivity contribution < 1.29 is 26.4 Å². The molecule has 148 valence electrons. The Labute approximate surface area is 160 Å². The third kappa shape index (κ3) is 5.23. The summed E-state index contributed by atoms with van der Waals surface area (Å²) in [5, 5.41) is 2.72. The average molecular weight is 436 g/mol. The minimum Gasteiger partial charge on any atom is -0.339 e. The number of nitrogens with one attached hydrogen (secondary N) is 1. The molecule has 1 aromatic carbocycles. The van der Waals surface area contributed by atoms with Crippen molar-refractivity contribution in [2.75, 3.05) is 39.8 Å². The quantitative estimate of drug-likeness (QED) is 0.782. The second-order valence-corrected chi connectivity index (χ2v) is 7.96. The van der Waals surface area contributed by atoms with Crippen LogP contribution in [0, 0.1) is 0 Å². The molecular formula is C14H18Cl2F3N3O3S. The number of carbonyl (C=O) groups excluding carboxylic acids is 1. The zero-order valence-corrected chi connectivity index (χ0v) is 16.1. The third-order valence-electron chi connectivity index (χ3n) is 3.77. The summed E-state index contributed by atoms with van der Waals surface area (Å²) in [5.41, 5.74) is -1.13. The van der Waals surface area contributed by atoms with E-state index in [2.05, 4.69) is 5.32 Å². The van der Waals surface area contributed by atoms with E-state index in [0.29, 0.717) is 42.6 Å². The number of rotatable bonds is 4. The van der Waals surface area contributed by atoms with Crippen LogP contribution < -0.4 is 5.32 Å². The number of carbonyl (C=O) groups is 1. The first-order valence-electron chi connectivity index (χ1n) is 7.35. The van der Waals surface area contributed by atoms with Crippen LogP contribution in [0.1, 0.15) is 5.56 Å². The number of nitrogens with zero attached hydrogens (tertiary/aromatic N) is 2. The van der Waals surface area contributed by atoms with Gasteiger partial charge < -0.3 is 10.2 Å². The maximum absolute atomic E-state index is 12.8. The molecule has 1 saturated heterocycles. The summed E-state index contributed by atoms with van der Waals surface area (Å²) >= 11 is 5.78. The van der Waals surface area contributed by atoms with Crippen LogP contribution >= 0.6 is 24.0 Å². The fraction of sp³-hybridized carbons (Fsp3) is 0.500. The van der Waals surface area contributed by atoms with Gasteiger partial charge in [-0.15, -0.1) is 12.4 Å². The average Bonchev–Trinajstić information content (AvgIpc) is 2.54. The number of amides is 1. The molecule has 0 bridgehead atoms. The van der Waals surface area contributed by atoms with Crippen LogP contribution in [-0.4, -0.2) is 63.3 Å². The van der Waals surface area contributed by atoms with Gasteiger partial charge in [-0.05, 0) is 18.2 Å². The topological polar surface area (TPSA) is 69.7 Å². The first kappa shape index (κ1) is 23.0. The van der Waals surface area contributed by atoms with Gasteiger partial charge in [-0.1, -0.05) is 11.6 Å². The van der Waals surface area contributed by atoms with Crippen molar-refractivity contribution >= 4 is 39.9 Å². The second kappa shape index (κ2) is 8.75. The number of hydrogen-bond acceptors (Lipinski definition) is 4. The van der Waals surface area contributed by atoms with Gasteiger partial charge in [0, 0.05) is 33.2 Å². The Kier molecular flexibility index (Phi) is 7.73. The Hall–Kier alpha value is -1.07. The monoisotopic (exact) mass is 435 g/mol. The smallest absolute Gasteiger partial charge is 0.339 e. The van der Waals surface area contributed by atoms with Crippen molar-refractivity contribution in [3.05, 3.63) is 28.8 Å². The van der Waals surface area contributed by atoms with Crippen molar-refractivity contribution in [1.29, 1.82) is 0 Å². The van der Waals surface area contributed by atoms with Gasteiger partial charge in [0.25, 0.3) is 0 Å². The van der Waals surface area contributed by atoms with Crippen LogP contribution in [0.4, 0.5) is 13.2 Å². The van der Waals surface area contributed by atoms with Gasteiger partial charge in [-0.25, -0.2) is 8.42 Å². The summed E-state index contributed by atoms with van der Waals surface area (Å²) in [5.74, 6) is -0.421. The number of benzene rings is 1. The molecule has 0 unspecified atom stereocenters. The maximum atomic E-state index is 12.8. The molecule has 1 amide bonds. The van der Waals surface area contributed by atoms with E-state index in [0.717, 1.165) is 13.1 Å². The van der Waals surface area contributed by atoms with Crippen LogP contribution in [0.5, 0.6) is 0 Å². The van der Waals surface area contributed by atoms with Gasteiger partial charge >= 0.3 is 6.18 Å². The summed E-state index contributed by atoms with van der Waals surface area (Å²) in [6, 6.07) is 2.06. The minimum absolute atomic E-state index is 0. The van der Waals surface area contributed by atoms with E-state index < -0.39 is 39.1 Å². The lowest BCUT2D eigenvalue weighted by Gasteiger charge is -2.29. The molecule has 12 heteroatoms. The molecular weight excluding hydrogens is 418 g/mol. The van der Waals surface area contributed by atoms with Crippen LogP contribution in [0.3, 0.4) is 0 Å². The summed E-state index contributed by atoms with van der Waals surface area (Å²) in [4.78, 5) is 13.0. The highest BCUT2D eigenvalue weighted by Crippen LogP contribution is 2.34. The summed E-state index contributed by atoms with van der Waals surface area (Å²) in [6.45, 7) is 1.60. The zero-order chi connectivity index (χ0) is 18.8. The van der Waals surface area contributed by atoms with Crippen molar-refractivity contribution in [1.82, 2.24) is 14.5 Å². The Morgan fingerprint density at radius 1 is 1.31 bits per heavy atom. The molecule has 1 aliphatic rings. The van der Waals surface area contributed by atoms with Crippen molar-refractivity contribution in [3.8, 4) is 0 Å². The molecule has 0 radical (unpaired) electrons. The fourth-order valence-corrected chi connectivity index (χ4v) is 3.95. The summed E-state index contributed by atoms with van der Waals surface area (Å²) in [7, 11) is -3.22. The van der Waals surface area contributed by atoms with Gasteiger partial charge in [0.1, 0.15) is 4.90 Å². The largest absolute Gasteiger partial charge is 0.416 e. The minimum atomic E-state index is -4.70. The fourth-order valence-electron chi connectivity index (χ4n) is 2.33. The van der Waals surface area contributed by atoms with Crippen LogP contribution in [0.15, 0.2) is 23.1 Å². The second-order valence-electron chi connectivity index (χ2n) is 5.53. The van der Waals surface area contributed by atoms with Gasteiger partial charge in [-0.3, -0.25) is 4.79 Å². The number of alkyl halides is 3. The first-order valence-corrected chi connectivity index (χ1v) is 9.17. The number of halogens is 5. The summed E-state index contributed by atoms with van der Waals surface area (Å²) < 4.78 is 64.3. The van der Waals surface area contributed by atoms with Gasteiger partial charge in [-0.2, -0.15) is 17.5 Å². The third-order valence-corrected chi connectivity index (χ3v) is 6.06. The lowest BCUT2D eigenvalue weighted by Crippen LogP contribution is -2.49. The number of likely N-dealkylation sites (N-methyl/N-ethyl adjacent to an activating group) is 1. The van der Waals surface area contributed by atoms with E-state index in [-0.39, 0.29) is 17.4 Å². The van der Waals surface area contributed by atoms with Crippen LogP contribution in [0.2, 0.25) is 5.02 Å². The zero-order valence-electron chi connectivity index (χ0n) is 13.7. The molecule has 1 fully saturated rings. The van der Waals surface area contributed by atoms with Crippen LogP contribution in [-0.2, 0) is 21.0 Å². The van der Waals surface area contributed by atoms with Crippen molar-refractivity contribution in [3.63, 3.8) is 0 Å². The Morgan fingerprint density at radius 3 is 2.42 bits per heavy atom. The SMILES string of the molecule is CN(CC(=O)N1CCNCC1)S(=O)(=O)c1cc(C(F)(F)F)ccc1Cl.Cl. The molecule has 1 aromatic rings. The van der Waals surface area contributed by atoms with E-state index in [4.69, 9.17) is 11.6 Å². The molecule has 0 spiro atoms. The molecule has 1 heterocycles. The van der Waals surface area contributed by atoms with E-state index >= 15 is 0 Å². The van der Waals surface area contributed by atoms with Crippen molar-refractivity contribution in [2.45, 2.75) is 11.1 Å². The van der Waals surface area contributed by atoms with E-state index in [9.17, 15) is 26.4 Å². The Balaban J connectivity index is 0.00000338. The van der Waals surface area contributed by atoms with E-state index in [1.165, 1.54) is 4.90 Å². The number of piperazine rings is 1. The van der Waals surface area contributed by atoms with E-state index in [1.54, 1.807) is 0 Å². The van der Waals surface area contributed by atoms with Crippen molar-refractivity contribution in [2.24, 2.45) is 0 Å². The molecule has 0 aromatic heterocycles. The molecule has 2 rings (SSSR count). The normalized spacial score (nSPS) is 15.7. The maximum Gasteiger partial charge on any atom is 0.416 e. The predicted octanol–water partition coefficient (Wildman–Crippen LogP) is 1.83. The highest BCUT2D eigenvalue weighted by atomic mass is 35.5. The predicted molar refractivity (Wildman–Crippen MR) is 93.0 cm³/mol. The molecule has 1 N–H and O–H groups in total. The molecule has 0 aliphatic carbocycles. The molecule has 0 saturated carbocycles. The Bertz CT molecular complexity index is 754. The standard InChI is InChI=1S/C14H17ClF3N3O3S.ClH/c1-20(9-13(22)21-6-4-19-5-7-21)25(23,24)12-8-10(14(16,17)18)2-3-11(12)15;/h2-3,8,19H,4-7,9H2,1H3;1H. The van der Waals surface area contributed by atoms with Crippen LogP contribution in [0.25, 0.3) is 0 Å². The molecule has 0 atom stereocenters. The number of hydrogen-bond donors (Lipinski definition) is 1. The molecule has 26 heavy (non-hydrogen) atoms. The first-order chi connectivity index (χ1) is 11.5. The summed E-state index contributed by atoms with van der Waals surface area (Å²) in [6.07, 6.45) is -4.70. The number of sulfonamides is 1. The molecule has 6 nitrogen and oxygen atoms in total. The lowest BCUT2D eigenvalue weighted by molar-refractivity contribution is -0.137. The Morgan fingerprint density at radius 2 is 1.88 bits per heavy atom.